The molecule has 0 saturated heterocycles. The van der Waals surface area contributed by atoms with Crippen molar-refractivity contribution in [1.82, 2.24) is 9.71 Å². The summed E-state index contributed by atoms with van der Waals surface area (Å²) in [5, 5.41) is 0.130. The zero-order valence-electron chi connectivity index (χ0n) is 10.6. The lowest BCUT2D eigenvalue weighted by Crippen LogP contribution is -2.26. The number of sulfonamides is 1. The number of aromatic nitrogens is 1. The van der Waals surface area contributed by atoms with Crippen molar-refractivity contribution < 1.29 is 8.42 Å². The van der Waals surface area contributed by atoms with E-state index in [1.807, 2.05) is 6.07 Å². The molecular weight excluding hydrogens is 355 g/mol. The third kappa shape index (κ3) is 4.29. The van der Waals surface area contributed by atoms with Crippen LogP contribution in [0.4, 0.5) is 5.82 Å². The number of nitrogen functional groups attached to an aromatic ring is 1. The molecule has 6 nitrogen and oxygen atoms in total. The number of hydrogen-bond donors (Lipinski definition) is 3. The quantitative estimate of drug-likeness (QED) is 0.538. The van der Waals surface area contributed by atoms with Crippen LogP contribution in [0.5, 0.6) is 0 Å². The van der Waals surface area contributed by atoms with E-state index in [4.69, 9.17) is 29.0 Å². The lowest BCUT2D eigenvalue weighted by atomic mass is 10.3. The van der Waals surface area contributed by atoms with E-state index >= 15 is 0 Å². The third-order valence-corrected chi connectivity index (χ3v) is 5.56. The molecule has 2 aromatic rings. The lowest BCUT2D eigenvalue weighted by Gasteiger charge is -2.08. The van der Waals surface area contributed by atoms with Crippen LogP contribution >= 0.6 is 34.5 Å². The molecule has 0 aliphatic rings. The second-order valence-electron chi connectivity index (χ2n) is 4.00. The summed E-state index contributed by atoms with van der Waals surface area (Å²) in [7, 11) is -3.66. The smallest absolute Gasteiger partial charge is 0.242 e. The number of pyridine rings is 1. The predicted octanol–water partition coefficient (Wildman–Crippen LogP) is 2.26. The Kier molecular flexibility index (Phi) is 5.42. The van der Waals surface area contributed by atoms with Crippen LogP contribution in [0.3, 0.4) is 0 Å². The average Bonchev–Trinajstić information content (AvgIpc) is 2.84. The van der Waals surface area contributed by atoms with E-state index in [0.717, 1.165) is 4.88 Å². The molecule has 0 spiro atoms. The molecule has 0 radical (unpaired) electrons. The molecule has 0 saturated carbocycles. The molecular formula is C11H12Cl2N4O2S2. The minimum Gasteiger partial charge on any atom is -0.307 e. The Morgan fingerprint density at radius 2 is 2.10 bits per heavy atom. The van der Waals surface area contributed by atoms with E-state index in [1.165, 1.54) is 23.6 Å². The number of halogens is 2. The summed E-state index contributed by atoms with van der Waals surface area (Å²) >= 11 is 13.1. The van der Waals surface area contributed by atoms with Gasteiger partial charge < -0.3 is 5.43 Å². The van der Waals surface area contributed by atoms with Gasteiger partial charge in [-0.1, -0.05) is 23.2 Å². The van der Waals surface area contributed by atoms with Crippen LogP contribution in [0.1, 0.15) is 4.88 Å². The molecule has 2 heterocycles. The topological polar surface area (TPSA) is 97.1 Å². The first-order valence-electron chi connectivity index (χ1n) is 5.78. The summed E-state index contributed by atoms with van der Waals surface area (Å²) in [5.74, 6) is 5.40. The maximum Gasteiger partial charge on any atom is 0.242 e. The van der Waals surface area contributed by atoms with E-state index in [2.05, 4.69) is 15.1 Å². The molecule has 0 aliphatic heterocycles. The zero-order chi connectivity index (χ0) is 15.5. The molecule has 21 heavy (non-hydrogen) atoms. The summed E-state index contributed by atoms with van der Waals surface area (Å²) in [6, 6.07) is 4.92. The molecule has 114 valence electrons. The first kappa shape index (κ1) is 16.5. The van der Waals surface area contributed by atoms with Crippen molar-refractivity contribution in [3.63, 3.8) is 0 Å². The first-order valence-corrected chi connectivity index (χ1v) is 8.84. The molecule has 2 aromatic heterocycles. The number of nitrogens with zero attached hydrogens (tertiary/aromatic N) is 1. The Morgan fingerprint density at radius 1 is 1.33 bits per heavy atom. The van der Waals surface area contributed by atoms with E-state index in [1.54, 1.807) is 6.07 Å². The van der Waals surface area contributed by atoms with Crippen molar-refractivity contribution >= 4 is 50.4 Å². The number of thiophene rings is 1. The van der Waals surface area contributed by atoms with E-state index < -0.39 is 10.0 Å². The molecule has 4 N–H and O–H groups in total. The number of rotatable bonds is 6. The minimum absolute atomic E-state index is 0.0179. The summed E-state index contributed by atoms with van der Waals surface area (Å²) in [5.41, 5.74) is 2.27. The Bertz CT molecular complexity index is 734. The average molecular weight is 367 g/mol. The minimum atomic E-state index is -3.66. The van der Waals surface area contributed by atoms with Crippen LogP contribution in [0.2, 0.25) is 9.36 Å². The Balaban J connectivity index is 2.02. The van der Waals surface area contributed by atoms with Crippen LogP contribution in [0.15, 0.2) is 29.3 Å². The van der Waals surface area contributed by atoms with Crippen LogP contribution in [0.25, 0.3) is 0 Å². The second-order valence-corrected chi connectivity index (χ2v) is 7.97. The van der Waals surface area contributed by atoms with Crippen molar-refractivity contribution in [2.24, 2.45) is 5.84 Å². The van der Waals surface area contributed by atoms with Crippen molar-refractivity contribution in [3.8, 4) is 0 Å². The maximum atomic E-state index is 12.1. The SMILES string of the molecule is NNc1ncc(S(=O)(=O)NCCc2ccc(Cl)s2)cc1Cl. The third-order valence-electron chi connectivity index (χ3n) is 2.56. The Labute approximate surface area is 136 Å². The molecule has 0 aromatic carbocycles. The largest absolute Gasteiger partial charge is 0.307 e. The Hall–Kier alpha value is -0.900. The number of hydrazine groups is 1. The van der Waals surface area contributed by atoms with Gasteiger partial charge in [-0.3, -0.25) is 0 Å². The molecule has 0 fully saturated rings. The highest BCUT2D eigenvalue weighted by Crippen LogP contribution is 2.23. The second kappa shape index (κ2) is 6.91. The van der Waals surface area contributed by atoms with Gasteiger partial charge in [0, 0.05) is 17.6 Å². The summed E-state index contributed by atoms with van der Waals surface area (Å²) in [6.07, 6.45) is 1.74. The van der Waals surface area contributed by atoms with Crippen molar-refractivity contribution in [3.05, 3.63) is 38.6 Å². The summed E-state index contributed by atoms with van der Waals surface area (Å²) < 4.78 is 27.3. The van der Waals surface area contributed by atoms with Gasteiger partial charge in [-0.2, -0.15) is 0 Å². The molecule has 2 rings (SSSR count). The number of nitrogens with one attached hydrogen (secondary N) is 2. The van der Waals surface area contributed by atoms with Gasteiger partial charge in [-0.15, -0.1) is 11.3 Å². The highest BCUT2D eigenvalue weighted by molar-refractivity contribution is 7.89. The molecule has 0 aliphatic carbocycles. The number of anilines is 1. The monoisotopic (exact) mass is 366 g/mol. The standard InChI is InChI=1S/C11H12Cl2N4O2S2/c12-9-5-8(6-15-11(9)17-14)21(18,19)16-4-3-7-1-2-10(13)20-7/h1-2,5-6,16H,3-4,14H2,(H,15,17). The molecule has 0 amide bonds. The van der Waals surface area contributed by atoms with Gasteiger partial charge >= 0.3 is 0 Å². The van der Waals surface area contributed by atoms with Gasteiger partial charge in [-0.25, -0.2) is 24.0 Å². The van der Waals surface area contributed by atoms with Gasteiger partial charge in [0.05, 0.1) is 9.36 Å². The van der Waals surface area contributed by atoms with E-state index in [9.17, 15) is 8.42 Å². The highest BCUT2D eigenvalue weighted by Gasteiger charge is 2.16. The fourth-order valence-electron chi connectivity index (χ4n) is 1.55. The summed E-state index contributed by atoms with van der Waals surface area (Å²) in [6.45, 7) is 0.258. The van der Waals surface area contributed by atoms with Crippen LogP contribution < -0.4 is 16.0 Å². The van der Waals surface area contributed by atoms with Crippen LogP contribution in [0, 0.1) is 0 Å². The van der Waals surface area contributed by atoms with Gasteiger partial charge in [0.2, 0.25) is 10.0 Å². The van der Waals surface area contributed by atoms with Gasteiger partial charge in [-0.05, 0) is 24.6 Å². The van der Waals surface area contributed by atoms with E-state index in [0.29, 0.717) is 10.8 Å². The first-order chi connectivity index (χ1) is 9.92. The van der Waals surface area contributed by atoms with Crippen molar-refractivity contribution in [1.29, 1.82) is 0 Å². The fourth-order valence-corrected chi connectivity index (χ4v) is 3.93. The fraction of sp³-hybridized carbons (Fsp3) is 0.182. The lowest BCUT2D eigenvalue weighted by molar-refractivity contribution is 0.581. The predicted molar refractivity (Wildman–Crippen MR) is 85.3 cm³/mol. The van der Waals surface area contributed by atoms with Crippen molar-refractivity contribution in [2.45, 2.75) is 11.3 Å². The zero-order valence-corrected chi connectivity index (χ0v) is 13.8. The van der Waals surface area contributed by atoms with E-state index in [-0.39, 0.29) is 22.3 Å². The van der Waals surface area contributed by atoms with Crippen LogP contribution in [-0.2, 0) is 16.4 Å². The van der Waals surface area contributed by atoms with Gasteiger partial charge in [0.15, 0.2) is 5.82 Å². The molecule has 0 bridgehead atoms. The number of nitrogens with two attached hydrogens (primary N) is 1. The highest BCUT2D eigenvalue weighted by atomic mass is 35.5. The van der Waals surface area contributed by atoms with Crippen molar-refractivity contribution in [2.75, 3.05) is 12.0 Å². The molecule has 0 atom stereocenters. The maximum absolute atomic E-state index is 12.1. The van der Waals surface area contributed by atoms with Gasteiger partial charge in [0.1, 0.15) is 4.90 Å². The normalized spacial score (nSPS) is 11.6. The van der Waals surface area contributed by atoms with Gasteiger partial charge in [0.25, 0.3) is 0 Å². The molecule has 0 unspecified atom stereocenters. The molecule has 10 heteroatoms. The summed E-state index contributed by atoms with van der Waals surface area (Å²) in [4.78, 5) is 4.81. The van der Waals surface area contributed by atoms with Crippen LogP contribution in [-0.4, -0.2) is 19.9 Å². The number of hydrogen-bond acceptors (Lipinski definition) is 6. The Morgan fingerprint density at radius 3 is 2.67 bits per heavy atom.